The molecule has 1 unspecified atom stereocenters. The van der Waals surface area contributed by atoms with E-state index in [9.17, 15) is 27.9 Å². The van der Waals surface area contributed by atoms with Gasteiger partial charge in [0, 0.05) is 5.69 Å². The lowest BCUT2D eigenvalue weighted by atomic mass is 9.91. The van der Waals surface area contributed by atoms with Crippen molar-refractivity contribution in [1.82, 2.24) is 5.32 Å². The highest BCUT2D eigenvalue weighted by molar-refractivity contribution is 5.93. The van der Waals surface area contributed by atoms with E-state index in [1.54, 1.807) is 13.8 Å². The quantitative estimate of drug-likeness (QED) is 0.700. The van der Waals surface area contributed by atoms with Crippen molar-refractivity contribution in [3.8, 4) is 5.75 Å². The molecule has 2 amide bonds. The summed E-state index contributed by atoms with van der Waals surface area (Å²) in [5, 5.41) is 14.2. The molecule has 0 heterocycles. The molecule has 1 aromatic rings. The first-order chi connectivity index (χ1) is 11.1. The van der Waals surface area contributed by atoms with Gasteiger partial charge < -0.3 is 20.5 Å². The summed E-state index contributed by atoms with van der Waals surface area (Å²) in [6.45, 7) is 3.44. The number of ether oxygens (including phenoxy) is 1. The van der Waals surface area contributed by atoms with E-state index >= 15 is 0 Å². The van der Waals surface area contributed by atoms with Crippen molar-refractivity contribution in [3.63, 3.8) is 0 Å². The van der Waals surface area contributed by atoms with Gasteiger partial charge in [-0.15, -0.1) is 13.2 Å². The SMILES string of the molecule is CCCC(CC)(NC(=O)Nc1ccc(OC(F)(F)F)cc1)C(=O)O. The Morgan fingerprint density at radius 2 is 1.75 bits per heavy atom. The molecular weight excluding hydrogens is 329 g/mol. The van der Waals surface area contributed by atoms with Gasteiger partial charge in [-0.2, -0.15) is 0 Å². The Morgan fingerprint density at radius 3 is 2.17 bits per heavy atom. The van der Waals surface area contributed by atoms with Gasteiger partial charge >= 0.3 is 18.4 Å². The number of carbonyl (C=O) groups is 2. The second kappa shape index (κ2) is 7.89. The van der Waals surface area contributed by atoms with Gasteiger partial charge in [-0.3, -0.25) is 0 Å². The van der Waals surface area contributed by atoms with Gasteiger partial charge in [0.05, 0.1) is 0 Å². The van der Waals surface area contributed by atoms with Crippen LogP contribution in [0.3, 0.4) is 0 Å². The van der Waals surface area contributed by atoms with E-state index in [2.05, 4.69) is 15.4 Å². The number of nitrogens with one attached hydrogen (secondary N) is 2. The smallest absolute Gasteiger partial charge is 0.480 e. The minimum absolute atomic E-state index is 0.196. The fourth-order valence-corrected chi connectivity index (χ4v) is 2.19. The Morgan fingerprint density at radius 1 is 1.17 bits per heavy atom. The van der Waals surface area contributed by atoms with E-state index in [1.165, 1.54) is 12.1 Å². The van der Waals surface area contributed by atoms with Gasteiger partial charge in [-0.25, -0.2) is 9.59 Å². The highest BCUT2D eigenvalue weighted by atomic mass is 19.4. The van der Waals surface area contributed by atoms with Gasteiger partial charge in [0.15, 0.2) is 0 Å². The Labute approximate surface area is 137 Å². The molecule has 9 heteroatoms. The third-order valence-corrected chi connectivity index (χ3v) is 3.39. The lowest BCUT2D eigenvalue weighted by Gasteiger charge is -2.29. The average Bonchev–Trinajstić information content (AvgIpc) is 2.47. The molecule has 1 atom stereocenters. The number of urea groups is 1. The summed E-state index contributed by atoms with van der Waals surface area (Å²) in [7, 11) is 0. The molecule has 0 aliphatic rings. The number of benzene rings is 1. The average molecular weight is 348 g/mol. The molecule has 0 saturated carbocycles. The van der Waals surface area contributed by atoms with Crippen molar-refractivity contribution in [2.45, 2.75) is 45.0 Å². The number of amides is 2. The van der Waals surface area contributed by atoms with Crippen LogP contribution in [0.1, 0.15) is 33.1 Å². The number of alkyl halides is 3. The number of carbonyl (C=O) groups excluding carboxylic acids is 1. The van der Waals surface area contributed by atoms with Crippen LogP contribution in [0.2, 0.25) is 0 Å². The van der Waals surface area contributed by atoms with Gasteiger partial charge in [0.1, 0.15) is 11.3 Å². The van der Waals surface area contributed by atoms with Gasteiger partial charge in [-0.1, -0.05) is 20.3 Å². The Hall–Kier alpha value is -2.45. The molecule has 1 aromatic carbocycles. The standard InChI is InChI=1S/C15H19F3N2O4/c1-3-9-14(4-2,12(21)22)20-13(23)19-10-5-7-11(8-6-10)24-15(16,17)18/h5-8H,3-4,9H2,1-2H3,(H,21,22)(H2,19,20,23). The summed E-state index contributed by atoms with van der Waals surface area (Å²) in [4.78, 5) is 23.4. The highest BCUT2D eigenvalue weighted by Gasteiger charge is 2.37. The van der Waals surface area contributed by atoms with E-state index in [1.807, 2.05) is 0 Å². The summed E-state index contributed by atoms with van der Waals surface area (Å²) in [5.41, 5.74) is -1.19. The van der Waals surface area contributed by atoms with Crippen molar-refractivity contribution in [2.24, 2.45) is 0 Å². The maximum absolute atomic E-state index is 12.1. The monoisotopic (exact) mass is 348 g/mol. The molecule has 0 aromatic heterocycles. The summed E-state index contributed by atoms with van der Waals surface area (Å²) in [5.74, 6) is -1.57. The van der Waals surface area contributed by atoms with Crippen LogP contribution in [-0.4, -0.2) is 29.0 Å². The van der Waals surface area contributed by atoms with Crippen molar-refractivity contribution >= 4 is 17.7 Å². The predicted octanol–water partition coefficient (Wildman–Crippen LogP) is 3.74. The number of hydrogen-bond acceptors (Lipinski definition) is 3. The molecule has 0 spiro atoms. The van der Waals surface area contributed by atoms with Crippen LogP contribution >= 0.6 is 0 Å². The zero-order chi connectivity index (χ0) is 18.4. The molecule has 0 aliphatic carbocycles. The molecule has 1 rings (SSSR count). The van der Waals surface area contributed by atoms with E-state index in [-0.39, 0.29) is 18.5 Å². The van der Waals surface area contributed by atoms with Crippen LogP contribution in [0.4, 0.5) is 23.7 Å². The molecule has 3 N–H and O–H groups in total. The molecule has 0 saturated heterocycles. The summed E-state index contributed by atoms with van der Waals surface area (Å²) in [6.07, 6.45) is -3.79. The summed E-state index contributed by atoms with van der Waals surface area (Å²) < 4.78 is 39.9. The van der Waals surface area contributed by atoms with E-state index in [0.29, 0.717) is 6.42 Å². The lowest BCUT2D eigenvalue weighted by molar-refractivity contribution is -0.274. The van der Waals surface area contributed by atoms with Crippen LogP contribution in [0.5, 0.6) is 5.75 Å². The number of anilines is 1. The molecule has 0 aliphatic heterocycles. The normalized spacial score (nSPS) is 13.7. The third kappa shape index (κ3) is 5.64. The second-order valence-corrected chi connectivity index (χ2v) is 5.14. The van der Waals surface area contributed by atoms with Crippen molar-refractivity contribution in [2.75, 3.05) is 5.32 Å². The first-order valence-corrected chi connectivity index (χ1v) is 7.30. The predicted molar refractivity (Wildman–Crippen MR) is 80.8 cm³/mol. The topological polar surface area (TPSA) is 87.7 Å². The molecule has 0 fully saturated rings. The number of hydrogen-bond donors (Lipinski definition) is 3. The zero-order valence-corrected chi connectivity index (χ0v) is 13.2. The van der Waals surface area contributed by atoms with Crippen molar-refractivity contribution in [1.29, 1.82) is 0 Å². The van der Waals surface area contributed by atoms with Crippen molar-refractivity contribution < 1.29 is 32.6 Å². The van der Waals surface area contributed by atoms with E-state index in [0.717, 1.165) is 12.1 Å². The number of halogens is 3. The van der Waals surface area contributed by atoms with Crippen LogP contribution in [0, 0.1) is 0 Å². The zero-order valence-electron chi connectivity index (χ0n) is 13.2. The molecule has 134 valence electrons. The maximum atomic E-state index is 12.1. The van der Waals surface area contributed by atoms with E-state index < -0.39 is 29.7 Å². The molecule has 24 heavy (non-hydrogen) atoms. The highest BCUT2D eigenvalue weighted by Crippen LogP contribution is 2.24. The number of aliphatic carboxylic acids is 1. The minimum atomic E-state index is -4.80. The summed E-state index contributed by atoms with van der Waals surface area (Å²) >= 11 is 0. The molecule has 0 radical (unpaired) electrons. The number of carboxylic acid groups (broad SMARTS) is 1. The van der Waals surface area contributed by atoms with Gasteiger partial charge in [0.25, 0.3) is 0 Å². The fourth-order valence-electron chi connectivity index (χ4n) is 2.19. The molecule has 6 nitrogen and oxygen atoms in total. The Balaban J connectivity index is 2.75. The second-order valence-electron chi connectivity index (χ2n) is 5.14. The fraction of sp³-hybridized carbons (Fsp3) is 0.467. The summed E-state index contributed by atoms with van der Waals surface area (Å²) in [6, 6.07) is 3.76. The van der Waals surface area contributed by atoms with Gasteiger partial charge in [-0.05, 0) is 37.1 Å². The van der Waals surface area contributed by atoms with E-state index in [4.69, 9.17) is 0 Å². The Bertz CT molecular complexity index is 575. The maximum Gasteiger partial charge on any atom is 0.573 e. The third-order valence-electron chi connectivity index (χ3n) is 3.39. The lowest BCUT2D eigenvalue weighted by Crippen LogP contribution is -2.55. The van der Waals surface area contributed by atoms with Crippen LogP contribution < -0.4 is 15.4 Å². The van der Waals surface area contributed by atoms with Crippen molar-refractivity contribution in [3.05, 3.63) is 24.3 Å². The number of rotatable bonds is 7. The van der Waals surface area contributed by atoms with Crippen LogP contribution in [0.15, 0.2) is 24.3 Å². The largest absolute Gasteiger partial charge is 0.573 e. The molecular formula is C15H19F3N2O4. The van der Waals surface area contributed by atoms with Crippen LogP contribution in [0.25, 0.3) is 0 Å². The first kappa shape index (κ1) is 19.6. The minimum Gasteiger partial charge on any atom is -0.480 e. The van der Waals surface area contributed by atoms with Crippen LogP contribution in [-0.2, 0) is 4.79 Å². The Kier molecular flexibility index (Phi) is 6.44. The van der Waals surface area contributed by atoms with Gasteiger partial charge in [0.2, 0.25) is 0 Å². The molecule has 0 bridgehead atoms. The number of carboxylic acids is 1. The first-order valence-electron chi connectivity index (χ1n) is 7.30.